The molecule has 3 heteroatoms. The van der Waals surface area contributed by atoms with Crippen LogP contribution in [0.3, 0.4) is 0 Å². The van der Waals surface area contributed by atoms with Crippen LogP contribution in [0.25, 0.3) is 0 Å². The van der Waals surface area contributed by atoms with Crippen molar-refractivity contribution in [3.63, 3.8) is 0 Å². The molecule has 0 saturated heterocycles. The quantitative estimate of drug-likeness (QED) is 0.569. The van der Waals surface area contributed by atoms with E-state index in [1.54, 1.807) is 0 Å². The maximum absolute atomic E-state index is 11.4. The Morgan fingerprint density at radius 2 is 2.00 bits per heavy atom. The second-order valence-electron chi connectivity index (χ2n) is 4.49. The summed E-state index contributed by atoms with van der Waals surface area (Å²) in [6.07, 6.45) is 7.72. The molecule has 0 bridgehead atoms. The Hall–Kier alpha value is -1.99. The molecule has 0 aliphatic rings. The van der Waals surface area contributed by atoms with E-state index >= 15 is 0 Å². The monoisotopic (exact) mass is 273 g/mol. The molecule has 20 heavy (non-hydrogen) atoms. The molecule has 1 rings (SSSR count). The summed E-state index contributed by atoms with van der Waals surface area (Å²) in [6, 6.07) is 9.65. The third-order valence-corrected chi connectivity index (χ3v) is 2.68. The van der Waals surface area contributed by atoms with Crippen LogP contribution in [0.5, 0.6) is 0 Å². The number of rotatable bonds is 8. The molecule has 1 aromatic rings. The predicted molar refractivity (Wildman–Crippen MR) is 81.4 cm³/mol. The van der Waals surface area contributed by atoms with Gasteiger partial charge in [0.2, 0.25) is 0 Å². The smallest absolute Gasteiger partial charge is 0.407 e. The summed E-state index contributed by atoms with van der Waals surface area (Å²) >= 11 is 0. The van der Waals surface area contributed by atoms with Crippen molar-refractivity contribution in [1.82, 2.24) is 5.32 Å². The molecule has 0 saturated carbocycles. The van der Waals surface area contributed by atoms with Crippen LogP contribution in [-0.2, 0) is 11.3 Å². The van der Waals surface area contributed by atoms with Gasteiger partial charge < -0.3 is 10.1 Å². The lowest BCUT2D eigenvalue weighted by molar-refractivity contribution is 0.139. The van der Waals surface area contributed by atoms with E-state index in [2.05, 4.69) is 18.0 Å². The average Bonchev–Trinajstić information content (AvgIpc) is 2.49. The Morgan fingerprint density at radius 3 is 2.75 bits per heavy atom. The van der Waals surface area contributed by atoms with Crippen molar-refractivity contribution in [2.24, 2.45) is 0 Å². The largest absolute Gasteiger partial charge is 0.445 e. The van der Waals surface area contributed by atoms with Gasteiger partial charge in [0.15, 0.2) is 0 Å². The molecule has 0 fully saturated rings. The molecule has 0 heterocycles. The van der Waals surface area contributed by atoms with E-state index in [9.17, 15) is 4.79 Å². The van der Waals surface area contributed by atoms with E-state index in [4.69, 9.17) is 4.74 Å². The van der Waals surface area contributed by atoms with Crippen molar-refractivity contribution in [3.05, 3.63) is 53.8 Å². The Bertz CT molecular complexity index is 434. The number of hydrogen-bond acceptors (Lipinski definition) is 2. The van der Waals surface area contributed by atoms with Gasteiger partial charge in [-0.1, -0.05) is 43.7 Å². The number of amides is 1. The zero-order valence-electron chi connectivity index (χ0n) is 12.1. The zero-order valence-corrected chi connectivity index (χ0v) is 12.1. The molecule has 0 unspecified atom stereocenters. The third-order valence-electron chi connectivity index (χ3n) is 2.68. The molecule has 0 radical (unpaired) electrons. The van der Waals surface area contributed by atoms with Gasteiger partial charge in [0.05, 0.1) is 0 Å². The lowest BCUT2D eigenvalue weighted by Crippen LogP contribution is -2.25. The van der Waals surface area contributed by atoms with Crippen molar-refractivity contribution in [1.29, 1.82) is 0 Å². The summed E-state index contributed by atoms with van der Waals surface area (Å²) < 4.78 is 5.11. The summed E-state index contributed by atoms with van der Waals surface area (Å²) in [4.78, 5) is 11.4. The van der Waals surface area contributed by atoms with Crippen molar-refractivity contribution >= 4 is 6.09 Å². The second-order valence-corrected chi connectivity index (χ2v) is 4.49. The highest BCUT2D eigenvalue weighted by Crippen LogP contribution is 2.00. The number of unbranched alkanes of at least 4 members (excludes halogenated alkanes) is 2. The number of allylic oxidation sites excluding steroid dienone is 1. The summed E-state index contributed by atoms with van der Waals surface area (Å²) in [7, 11) is 0. The second kappa shape index (κ2) is 10.9. The Kier molecular flexibility index (Phi) is 8.75. The highest BCUT2D eigenvalue weighted by Gasteiger charge is 2.00. The van der Waals surface area contributed by atoms with Crippen LogP contribution in [-0.4, -0.2) is 12.6 Å². The molecule has 3 nitrogen and oxygen atoms in total. The van der Waals surface area contributed by atoms with Crippen molar-refractivity contribution in [2.75, 3.05) is 6.54 Å². The van der Waals surface area contributed by atoms with E-state index in [-0.39, 0.29) is 6.09 Å². The van der Waals surface area contributed by atoms with Crippen molar-refractivity contribution in [3.8, 4) is 0 Å². The fourth-order valence-electron chi connectivity index (χ4n) is 1.56. The number of carbonyl (C=O) groups excluding carboxylic acids is 1. The Morgan fingerprint density at radius 1 is 1.25 bits per heavy atom. The summed E-state index contributed by atoms with van der Waals surface area (Å²) in [6.45, 7) is 3.08. The summed E-state index contributed by atoms with van der Waals surface area (Å²) in [5.41, 5.74) is 4.12. The number of carbonyl (C=O) groups is 1. The predicted octanol–water partition coefficient (Wildman–Crippen LogP) is 4.20. The van der Waals surface area contributed by atoms with Crippen LogP contribution in [0.2, 0.25) is 0 Å². The lowest BCUT2D eigenvalue weighted by atomic mass is 10.2. The van der Waals surface area contributed by atoms with Crippen LogP contribution >= 0.6 is 0 Å². The van der Waals surface area contributed by atoms with Crippen LogP contribution in [0.15, 0.2) is 48.2 Å². The van der Waals surface area contributed by atoms with Gasteiger partial charge in [-0.25, -0.2) is 4.79 Å². The van der Waals surface area contributed by atoms with Gasteiger partial charge in [-0.05, 0) is 37.0 Å². The maximum Gasteiger partial charge on any atom is 0.407 e. The summed E-state index contributed by atoms with van der Waals surface area (Å²) in [5, 5.41) is 2.74. The minimum atomic E-state index is -0.362. The van der Waals surface area contributed by atoms with Crippen LogP contribution in [0, 0.1) is 0 Å². The SMILES string of the molecule is CCCC=C=CCCCNC(=O)OCc1ccccc1. The molecule has 1 aromatic carbocycles. The standard InChI is InChI=1S/C17H23NO2/c1-2-3-4-5-6-7-11-14-18-17(19)20-15-16-12-9-8-10-13-16/h4,6,8-10,12-13H,2-3,7,11,14-15H2,1H3,(H,18,19). The van der Waals surface area contributed by atoms with Gasteiger partial charge in [0.1, 0.15) is 6.61 Å². The first-order valence-electron chi connectivity index (χ1n) is 7.17. The molecule has 0 atom stereocenters. The van der Waals surface area contributed by atoms with E-state index < -0.39 is 0 Å². The summed E-state index contributed by atoms with van der Waals surface area (Å²) in [5.74, 6) is 0. The molecule has 1 N–H and O–H groups in total. The molecule has 0 spiro atoms. The number of hydrogen-bond donors (Lipinski definition) is 1. The molecule has 0 aliphatic heterocycles. The molecule has 1 amide bonds. The lowest BCUT2D eigenvalue weighted by Gasteiger charge is -2.06. The highest BCUT2D eigenvalue weighted by atomic mass is 16.5. The Balaban J connectivity index is 2.04. The third kappa shape index (κ3) is 8.17. The van der Waals surface area contributed by atoms with E-state index in [0.717, 1.165) is 31.2 Å². The first-order chi connectivity index (χ1) is 9.83. The van der Waals surface area contributed by atoms with E-state index in [0.29, 0.717) is 13.2 Å². The minimum Gasteiger partial charge on any atom is -0.445 e. The van der Waals surface area contributed by atoms with Crippen LogP contribution in [0.4, 0.5) is 4.79 Å². The first kappa shape index (κ1) is 16.1. The van der Waals surface area contributed by atoms with Gasteiger partial charge in [0, 0.05) is 6.54 Å². The zero-order chi connectivity index (χ0) is 14.5. The number of nitrogens with one attached hydrogen (secondary N) is 1. The number of ether oxygens (including phenoxy) is 1. The number of benzene rings is 1. The highest BCUT2D eigenvalue weighted by molar-refractivity contribution is 5.67. The Labute approximate surface area is 121 Å². The van der Waals surface area contributed by atoms with Gasteiger partial charge in [-0.2, -0.15) is 0 Å². The van der Waals surface area contributed by atoms with Gasteiger partial charge >= 0.3 is 6.09 Å². The van der Waals surface area contributed by atoms with Crippen LogP contribution < -0.4 is 5.32 Å². The van der Waals surface area contributed by atoms with E-state index in [1.807, 2.05) is 42.5 Å². The molecule has 108 valence electrons. The topological polar surface area (TPSA) is 38.3 Å². The van der Waals surface area contributed by atoms with Gasteiger partial charge in [0.25, 0.3) is 0 Å². The molecule has 0 aromatic heterocycles. The number of alkyl carbamates (subject to hydrolysis) is 1. The average molecular weight is 273 g/mol. The normalized spacial score (nSPS) is 9.45. The van der Waals surface area contributed by atoms with Gasteiger partial charge in [-0.3, -0.25) is 0 Å². The fraction of sp³-hybridized carbons (Fsp3) is 0.412. The van der Waals surface area contributed by atoms with Crippen LogP contribution in [0.1, 0.15) is 38.2 Å². The fourth-order valence-corrected chi connectivity index (χ4v) is 1.56. The molecular formula is C17H23NO2. The maximum atomic E-state index is 11.4. The van der Waals surface area contributed by atoms with Gasteiger partial charge in [-0.15, -0.1) is 5.73 Å². The molecular weight excluding hydrogens is 250 g/mol. The van der Waals surface area contributed by atoms with Crippen molar-refractivity contribution < 1.29 is 9.53 Å². The molecule has 0 aliphatic carbocycles. The van der Waals surface area contributed by atoms with E-state index in [1.165, 1.54) is 0 Å². The first-order valence-corrected chi connectivity index (χ1v) is 7.17. The minimum absolute atomic E-state index is 0.312. The van der Waals surface area contributed by atoms with Crippen molar-refractivity contribution in [2.45, 2.75) is 39.2 Å².